The van der Waals surface area contributed by atoms with Gasteiger partial charge in [-0.05, 0) is 66.1 Å². The van der Waals surface area contributed by atoms with Gasteiger partial charge in [0.1, 0.15) is 23.8 Å². The van der Waals surface area contributed by atoms with Gasteiger partial charge in [0.05, 0.1) is 20.3 Å². The van der Waals surface area contributed by atoms with Crippen LogP contribution in [0, 0.1) is 0 Å². The molecule has 1 aromatic heterocycles. The van der Waals surface area contributed by atoms with Crippen molar-refractivity contribution in [3.05, 3.63) is 93.7 Å². The molecular weight excluding hydrogens is 489 g/mol. The highest BCUT2D eigenvalue weighted by Crippen LogP contribution is 2.29. The maximum atomic E-state index is 12.5. The number of hydrogen-bond acceptors (Lipinski definition) is 6. The van der Waals surface area contributed by atoms with Gasteiger partial charge in [0.15, 0.2) is 5.69 Å². The summed E-state index contributed by atoms with van der Waals surface area (Å²) in [6.07, 6.45) is 0. The van der Waals surface area contributed by atoms with Gasteiger partial charge in [0, 0.05) is 10.0 Å². The molecule has 0 spiro atoms. The molecule has 0 bridgehead atoms. The molecule has 0 saturated carbocycles. The Morgan fingerprint density at radius 2 is 1.57 bits per heavy atom. The molecule has 4 rings (SSSR count). The minimum absolute atomic E-state index is 0.0830. The van der Waals surface area contributed by atoms with E-state index in [0.29, 0.717) is 28.0 Å². The number of aromatic nitrogens is 3. The van der Waals surface area contributed by atoms with Crippen LogP contribution in [-0.2, 0) is 17.9 Å². The third kappa shape index (κ3) is 6.12. The molecule has 3 aromatic carbocycles. The zero-order valence-corrected chi connectivity index (χ0v) is 20.7. The molecule has 0 N–H and O–H groups in total. The average molecular weight is 512 g/mol. The lowest BCUT2D eigenvalue weighted by atomic mass is 10.1. The summed E-state index contributed by atoms with van der Waals surface area (Å²) in [5.74, 6) is 0.834. The van der Waals surface area contributed by atoms with Crippen molar-refractivity contribution in [3.63, 3.8) is 0 Å². The van der Waals surface area contributed by atoms with Gasteiger partial charge in [-0.3, -0.25) is 0 Å². The molecule has 0 unspecified atom stereocenters. The minimum Gasteiger partial charge on any atom is -0.497 e. The van der Waals surface area contributed by atoms with E-state index in [4.69, 9.17) is 37.4 Å². The molecule has 0 fully saturated rings. The van der Waals surface area contributed by atoms with E-state index in [-0.39, 0.29) is 18.9 Å². The number of halogens is 2. The average Bonchev–Trinajstić information content (AvgIpc) is 3.25. The molecule has 9 heteroatoms. The fraction of sp³-hybridized carbons (Fsp3) is 0.192. The van der Waals surface area contributed by atoms with Crippen LogP contribution in [0.1, 0.15) is 28.7 Å². The summed E-state index contributed by atoms with van der Waals surface area (Å²) in [6.45, 7) is 2.47. The molecule has 7 nitrogen and oxygen atoms in total. The molecule has 0 aliphatic heterocycles. The van der Waals surface area contributed by atoms with Gasteiger partial charge < -0.3 is 14.2 Å². The van der Waals surface area contributed by atoms with E-state index < -0.39 is 5.97 Å². The number of carbonyl (C=O) groups is 1. The Balaban J connectivity index is 1.53. The summed E-state index contributed by atoms with van der Waals surface area (Å²) >= 11 is 12.2. The van der Waals surface area contributed by atoms with E-state index >= 15 is 0 Å². The summed E-state index contributed by atoms with van der Waals surface area (Å²) in [5.41, 5.74) is 3.47. The van der Waals surface area contributed by atoms with Crippen molar-refractivity contribution < 1.29 is 19.0 Å². The van der Waals surface area contributed by atoms with Crippen molar-refractivity contribution >= 4 is 29.2 Å². The Bertz CT molecular complexity index is 1290. The van der Waals surface area contributed by atoms with Crippen molar-refractivity contribution in [3.8, 4) is 22.6 Å². The van der Waals surface area contributed by atoms with Crippen molar-refractivity contribution in [1.29, 1.82) is 0 Å². The number of methoxy groups -OCH3 is 1. The van der Waals surface area contributed by atoms with E-state index in [1.807, 2.05) is 60.7 Å². The first-order chi connectivity index (χ1) is 17.0. The van der Waals surface area contributed by atoms with Gasteiger partial charge in [-0.2, -0.15) is 0 Å². The van der Waals surface area contributed by atoms with Crippen LogP contribution < -0.4 is 9.47 Å². The van der Waals surface area contributed by atoms with Crippen molar-refractivity contribution in [1.82, 2.24) is 15.0 Å². The van der Waals surface area contributed by atoms with Crippen LogP contribution in [0.4, 0.5) is 0 Å². The number of benzene rings is 3. The Morgan fingerprint density at radius 3 is 2.20 bits per heavy atom. The molecule has 0 saturated heterocycles. The van der Waals surface area contributed by atoms with Gasteiger partial charge >= 0.3 is 5.97 Å². The second-order valence-electron chi connectivity index (χ2n) is 7.58. The highest BCUT2D eigenvalue weighted by molar-refractivity contribution is 6.35. The number of carbonyl (C=O) groups excluding carboxylic acids is 1. The lowest BCUT2D eigenvalue weighted by molar-refractivity contribution is 0.0516. The maximum Gasteiger partial charge on any atom is 0.360 e. The van der Waals surface area contributed by atoms with Gasteiger partial charge in [-0.15, -0.1) is 5.10 Å². The molecule has 0 aliphatic carbocycles. The second-order valence-corrected chi connectivity index (χ2v) is 8.45. The normalized spacial score (nSPS) is 10.7. The first kappa shape index (κ1) is 24.6. The first-order valence-electron chi connectivity index (χ1n) is 10.9. The number of hydrogen-bond donors (Lipinski definition) is 0. The lowest BCUT2D eigenvalue weighted by Crippen LogP contribution is -2.14. The summed E-state index contributed by atoms with van der Waals surface area (Å²) < 4.78 is 18.0. The molecule has 0 aliphatic rings. The van der Waals surface area contributed by atoms with E-state index in [1.54, 1.807) is 24.8 Å². The summed E-state index contributed by atoms with van der Waals surface area (Å²) in [6, 6.07) is 20.5. The van der Waals surface area contributed by atoms with E-state index in [1.165, 1.54) is 0 Å². The Morgan fingerprint density at radius 1 is 0.914 bits per heavy atom. The Labute approximate surface area is 213 Å². The molecular formula is C26H23Cl2N3O4. The number of ether oxygens (including phenoxy) is 3. The smallest absolute Gasteiger partial charge is 0.360 e. The van der Waals surface area contributed by atoms with Crippen LogP contribution in [0.25, 0.3) is 11.1 Å². The van der Waals surface area contributed by atoms with Crippen LogP contribution in [0.3, 0.4) is 0 Å². The standard InChI is InChI=1S/C26H23Cl2N3O4/c1-3-34-26(32)25-24(31(30-29-25)15-17-4-8-22(33-2)9-5-17)16-35-23-10-6-18(7-11-23)19-12-20(27)14-21(28)13-19/h4-14H,3,15-16H2,1-2H3. The molecule has 0 radical (unpaired) electrons. The topological polar surface area (TPSA) is 75.5 Å². The van der Waals surface area contributed by atoms with Crippen LogP contribution in [0.5, 0.6) is 11.5 Å². The van der Waals surface area contributed by atoms with Crippen molar-refractivity contribution in [2.75, 3.05) is 13.7 Å². The second kappa shape index (κ2) is 11.3. The summed E-state index contributed by atoms with van der Waals surface area (Å²) in [7, 11) is 1.62. The van der Waals surface area contributed by atoms with Crippen LogP contribution in [0.2, 0.25) is 10.0 Å². The summed E-state index contributed by atoms with van der Waals surface area (Å²) in [4.78, 5) is 12.5. The minimum atomic E-state index is -0.541. The third-order valence-corrected chi connectivity index (χ3v) is 5.66. The third-order valence-electron chi connectivity index (χ3n) is 5.22. The zero-order chi connectivity index (χ0) is 24.8. The predicted octanol–water partition coefficient (Wildman–Crippen LogP) is 6.06. The monoisotopic (exact) mass is 511 g/mol. The SMILES string of the molecule is CCOC(=O)c1nnn(Cc2ccc(OC)cc2)c1COc1ccc(-c2cc(Cl)cc(Cl)c2)cc1. The molecule has 1 heterocycles. The highest BCUT2D eigenvalue weighted by Gasteiger charge is 2.22. The Hall–Kier alpha value is -3.55. The zero-order valence-electron chi connectivity index (χ0n) is 19.2. The predicted molar refractivity (Wildman–Crippen MR) is 134 cm³/mol. The number of esters is 1. The van der Waals surface area contributed by atoms with Crippen LogP contribution in [0.15, 0.2) is 66.7 Å². The van der Waals surface area contributed by atoms with E-state index in [2.05, 4.69) is 10.3 Å². The maximum absolute atomic E-state index is 12.5. The lowest BCUT2D eigenvalue weighted by Gasteiger charge is -2.11. The van der Waals surface area contributed by atoms with E-state index in [0.717, 1.165) is 22.4 Å². The quantitative estimate of drug-likeness (QED) is 0.254. The van der Waals surface area contributed by atoms with Crippen LogP contribution >= 0.6 is 23.2 Å². The largest absolute Gasteiger partial charge is 0.497 e. The van der Waals surface area contributed by atoms with Gasteiger partial charge in [0.25, 0.3) is 0 Å². The number of nitrogens with zero attached hydrogens (tertiary/aromatic N) is 3. The molecule has 180 valence electrons. The molecule has 0 atom stereocenters. The number of rotatable bonds is 9. The molecule has 0 amide bonds. The van der Waals surface area contributed by atoms with E-state index in [9.17, 15) is 4.79 Å². The van der Waals surface area contributed by atoms with Crippen molar-refractivity contribution in [2.45, 2.75) is 20.1 Å². The van der Waals surface area contributed by atoms with Gasteiger partial charge in [-0.25, -0.2) is 9.48 Å². The Kier molecular flexibility index (Phi) is 7.90. The van der Waals surface area contributed by atoms with Gasteiger partial charge in [0.2, 0.25) is 0 Å². The molecule has 4 aromatic rings. The summed E-state index contributed by atoms with van der Waals surface area (Å²) in [5, 5.41) is 9.36. The fourth-order valence-corrected chi connectivity index (χ4v) is 4.01. The first-order valence-corrected chi connectivity index (χ1v) is 11.6. The van der Waals surface area contributed by atoms with Crippen molar-refractivity contribution in [2.24, 2.45) is 0 Å². The highest BCUT2D eigenvalue weighted by atomic mass is 35.5. The van der Waals surface area contributed by atoms with Gasteiger partial charge in [-0.1, -0.05) is 52.7 Å². The fourth-order valence-electron chi connectivity index (χ4n) is 3.48. The van der Waals surface area contributed by atoms with Crippen LogP contribution in [-0.4, -0.2) is 34.7 Å². The molecule has 35 heavy (non-hydrogen) atoms.